The second kappa shape index (κ2) is 4.49. The third-order valence-corrected chi connectivity index (χ3v) is 2.38. The number of aromatic nitrogens is 2. The van der Waals surface area contributed by atoms with Crippen LogP contribution in [0.25, 0.3) is 0 Å². The fourth-order valence-corrected chi connectivity index (χ4v) is 1.43. The molecule has 2 aromatic rings. The number of benzene rings is 1. The zero-order chi connectivity index (χ0) is 12.3. The summed E-state index contributed by atoms with van der Waals surface area (Å²) in [6.07, 6.45) is 0. The Bertz CT molecular complexity index is 556. The SMILES string of the molecule is CN(c1cccc(C#N)c1)c1ccc(N)nn1. The van der Waals surface area contributed by atoms with Crippen molar-refractivity contribution in [1.82, 2.24) is 10.2 Å². The summed E-state index contributed by atoms with van der Waals surface area (Å²) in [6.45, 7) is 0. The van der Waals surface area contributed by atoms with Crippen LogP contribution in [0.2, 0.25) is 0 Å². The van der Waals surface area contributed by atoms with Gasteiger partial charge in [0.15, 0.2) is 5.82 Å². The van der Waals surface area contributed by atoms with Crippen molar-refractivity contribution in [2.75, 3.05) is 17.7 Å². The van der Waals surface area contributed by atoms with Crippen LogP contribution in [0, 0.1) is 11.3 Å². The lowest BCUT2D eigenvalue weighted by Crippen LogP contribution is -2.12. The summed E-state index contributed by atoms with van der Waals surface area (Å²) in [7, 11) is 1.86. The number of nitriles is 1. The Morgan fingerprint density at radius 1 is 1.24 bits per heavy atom. The molecule has 17 heavy (non-hydrogen) atoms. The van der Waals surface area contributed by atoms with E-state index in [0.717, 1.165) is 5.69 Å². The summed E-state index contributed by atoms with van der Waals surface area (Å²) in [5.41, 5.74) is 6.96. The lowest BCUT2D eigenvalue weighted by molar-refractivity contribution is 0.996. The second-order valence-corrected chi connectivity index (χ2v) is 3.54. The quantitative estimate of drug-likeness (QED) is 0.841. The fourth-order valence-electron chi connectivity index (χ4n) is 1.43. The maximum atomic E-state index is 8.84. The summed E-state index contributed by atoms with van der Waals surface area (Å²) in [4.78, 5) is 1.84. The molecule has 0 amide bonds. The van der Waals surface area contributed by atoms with Crippen LogP contribution in [0.5, 0.6) is 0 Å². The van der Waals surface area contributed by atoms with Crippen molar-refractivity contribution < 1.29 is 0 Å². The molecular weight excluding hydrogens is 214 g/mol. The number of hydrogen-bond donors (Lipinski definition) is 1. The highest BCUT2D eigenvalue weighted by molar-refractivity contribution is 5.61. The summed E-state index contributed by atoms with van der Waals surface area (Å²) >= 11 is 0. The van der Waals surface area contributed by atoms with Crippen molar-refractivity contribution in [3.8, 4) is 6.07 Å². The molecule has 0 aliphatic rings. The molecule has 1 aromatic heterocycles. The predicted octanol–water partition coefficient (Wildman–Crippen LogP) is 1.70. The van der Waals surface area contributed by atoms with E-state index in [1.807, 2.05) is 24.1 Å². The minimum absolute atomic E-state index is 0.382. The van der Waals surface area contributed by atoms with Gasteiger partial charge in [-0.2, -0.15) is 5.26 Å². The maximum Gasteiger partial charge on any atom is 0.155 e. The van der Waals surface area contributed by atoms with E-state index in [4.69, 9.17) is 11.0 Å². The summed E-state index contributed by atoms with van der Waals surface area (Å²) < 4.78 is 0. The molecule has 1 heterocycles. The van der Waals surface area contributed by atoms with Gasteiger partial charge in [0.05, 0.1) is 11.6 Å². The number of nitrogen functional groups attached to an aromatic ring is 1. The summed E-state index contributed by atoms with van der Waals surface area (Å²) in [6, 6.07) is 12.8. The van der Waals surface area contributed by atoms with E-state index in [9.17, 15) is 0 Å². The zero-order valence-corrected chi connectivity index (χ0v) is 9.33. The molecule has 0 saturated carbocycles. The topological polar surface area (TPSA) is 78.8 Å². The number of nitrogens with zero attached hydrogens (tertiary/aromatic N) is 4. The predicted molar refractivity (Wildman–Crippen MR) is 65.7 cm³/mol. The largest absolute Gasteiger partial charge is 0.382 e. The maximum absolute atomic E-state index is 8.84. The molecule has 2 rings (SSSR count). The van der Waals surface area contributed by atoms with E-state index in [1.54, 1.807) is 24.3 Å². The van der Waals surface area contributed by atoms with E-state index in [-0.39, 0.29) is 0 Å². The smallest absolute Gasteiger partial charge is 0.155 e. The molecule has 0 bridgehead atoms. The highest BCUT2D eigenvalue weighted by atomic mass is 15.3. The Kier molecular flexibility index (Phi) is 2.88. The number of rotatable bonds is 2. The van der Waals surface area contributed by atoms with Gasteiger partial charge in [-0.25, -0.2) is 0 Å². The van der Waals surface area contributed by atoms with Gasteiger partial charge < -0.3 is 10.6 Å². The van der Waals surface area contributed by atoms with Crippen LogP contribution in [0.15, 0.2) is 36.4 Å². The van der Waals surface area contributed by atoms with Crippen LogP contribution in [0.1, 0.15) is 5.56 Å². The Labute approximate surface area is 99.1 Å². The summed E-state index contributed by atoms with van der Waals surface area (Å²) in [5, 5.41) is 16.6. The average molecular weight is 225 g/mol. The normalized spacial score (nSPS) is 9.65. The molecule has 0 atom stereocenters. The van der Waals surface area contributed by atoms with E-state index in [0.29, 0.717) is 17.2 Å². The number of anilines is 3. The number of nitrogens with two attached hydrogens (primary N) is 1. The van der Waals surface area contributed by atoms with Crippen molar-refractivity contribution in [3.05, 3.63) is 42.0 Å². The van der Waals surface area contributed by atoms with Gasteiger partial charge in [-0.3, -0.25) is 0 Å². The minimum atomic E-state index is 0.382. The van der Waals surface area contributed by atoms with E-state index in [2.05, 4.69) is 16.3 Å². The van der Waals surface area contributed by atoms with Gasteiger partial charge in [-0.05, 0) is 30.3 Å². The molecule has 0 radical (unpaired) electrons. The van der Waals surface area contributed by atoms with Gasteiger partial charge >= 0.3 is 0 Å². The fraction of sp³-hybridized carbons (Fsp3) is 0.0833. The second-order valence-electron chi connectivity index (χ2n) is 3.54. The molecule has 0 aliphatic carbocycles. The third kappa shape index (κ3) is 2.32. The first-order valence-corrected chi connectivity index (χ1v) is 5.04. The lowest BCUT2D eigenvalue weighted by atomic mass is 10.2. The lowest BCUT2D eigenvalue weighted by Gasteiger charge is -2.17. The van der Waals surface area contributed by atoms with Crippen molar-refractivity contribution >= 4 is 17.3 Å². The van der Waals surface area contributed by atoms with E-state index in [1.165, 1.54) is 0 Å². The first kappa shape index (κ1) is 10.9. The Balaban J connectivity index is 2.33. The van der Waals surface area contributed by atoms with Crippen LogP contribution in [0.4, 0.5) is 17.3 Å². The van der Waals surface area contributed by atoms with Gasteiger partial charge in [0.2, 0.25) is 0 Å². The Morgan fingerprint density at radius 3 is 2.71 bits per heavy atom. The van der Waals surface area contributed by atoms with Gasteiger partial charge in [0, 0.05) is 12.7 Å². The number of hydrogen-bond acceptors (Lipinski definition) is 5. The molecule has 5 heteroatoms. The van der Waals surface area contributed by atoms with Gasteiger partial charge in [-0.1, -0.05) is 6.07 Å². The molecule has 0 aliphatic heterocycles. The molecule has 0 spiro atoms. The molecule has 2 N–H and O–H groups in total. The average Bonchev–Trinajstić information content (AvgIpc) is 2.39. The van der Waals surface area contributed by atoms with Crippen molar-refractivity contribution in [1.29, 1.82) is 5.26 Å². The van der Waals surface area contributed by atoms with Crippen molar-refractivity contribution in [2.45, 2.75) is 0 Å². The van der Waals surface area contributed by atoms with E-state index < -0.39 is 0 Å². The standard InChI is InChI=1S/C12H11N5/c1-17(12-6-5-11(14)15-16-12)10-4-2-3-9(7-10)8-13/h2-7H,1H3,(H2,14,15). The molecule has 0 unspecified atom stereocenters. The molecule has 84 valence electrons. The van der Waals surface area contributed by atoms with Crippen molar-refractivity contribution in [3.63, 3.8) is 0 Å². The third-order valence-electron chi connectivity index (χ3n) is 2.38. The first-order chi connectivity index (χ1) is 8.20. The van der Waals surface area contributed by atoms with E-state index >= 15 is 0 Å². The summed E-state index contributed by atoms with van der Waals surface area (Å²) in [5.74, 6) is 1.06. The minimum Gasteiger partial charge on any atom is -0.382 e. The van der Waals surface area contributed by atoms with Gasteiger partial charge in [0.1, 0.15) is 5.82 Å². The highest BCUT2D eigenvalue weighted by Gasteiger charge is 2.06. The monoisotopic (exact) mass is 225 g/mol. The van der Waals surface area contributed by atoms with Gasteiger partial charge in [-0.15, -0.1) is 10.2 Å². The van der Waals surface area contributed by atoms with Crippen LogP contribution in [0.3, 0.4) is 0 Å². The molecule has 1 aromatic carbocycles. The molecule has 0 saturated heterocycles. The molecule has 0 fully saturated rings. The van der Waals surface area contributed by atoms with Crippen LogP contribution >= 0.6 is 0 Å². The van der Waals surface area contributed by atoms with Gasteiger partial charge in [0.25, 0.3) is 0 Å². The van der Waals surface area contributed by atoms with Crippen LogP contribution < -0.4 is 10.6 Å². The van der Waals surface area contributed by atoms with Crippen LogP contribution in [-0.4, -0.2) is 17.2 Å². The van der Waals surface area contributed by atoms with Crippen LogP contribution in [-0.2, 0) is 0 Å². The molecular formula is C12H11N5. The Morgan fingerprint density at radius 2 is 2.06 bits per heavy atom. The Hall–Kier alpha value is -2.61. The highest BCUT2D eigenvalue weighted by Crippen LogP contribution is 2.21. The first-order valence-electron chi connectivity index (χ1n) is 5.04. The molecule has 5 nitrogen and oxygen atoms in total. The zero-order valence-electron chi connectivity index (χ0n) is 9.33. The van der Waals surface area contributed by atoms with Crippen molar-refractivity contribution in [2.24, 2.45) is 0 Å².